The van der Waals surface area contributed by atoms with Gasteiger partial charge in [-0.2, -0.15) is 0 Å². The number of hydrogen-bond acceptors (Lipinski definition) is 4. The third kappa shape index (κ3) is 5.55. The number of carbonyl (C=O) groups excluding carboxylic acids is 1. The van der Waals surface area contributed by atoms with E-state index < -0.39 is 0 Å². The van der Waals surface area contributed by atoms with Crippen LogP contribution in [-0.4, -0.2) is 33.0 Å². The summed E-state index contributed by atoms with van der Waals surface area (Å²) in [5.41, 5.74) is 1.25. The van der Waals surface area contributed by atoms with Crippen LogP contribution in [0.3, 0.4) is 0 Å². The van der Waals surface area contributed by atoms with Crippen molar-refractivity contribution in [3.05, 3.63) is 59.7 Å². The van der Waals surface area contributed by atoms with Crippen molar-refractivity contribution < 1.29 is 15.0 Å². The van der Waals surface area contributed by atoms with Gasteiger partial charge in [-0.1, -0.05) is 30.3 Å². The van der Waals surface area contributed by atoms with Gasteiger partial charge in [-0.3, -0.25) is 9.69 Å². The minimum Gasteiger partial charge on any atom is -0.508 e. The van der Waals surface area contributed by atoms with Crippen molar-refractivity contribution in [1.82, 2.24) is 4.90 Å². The van der Waals surface area contributed by atoms with Gasteiger partial charge in [-0.05, 0) is 38.5 Å². The first-order valence-corrected chi connectivity index (χ1v) is 7.61. The van der Waals surface area contributed by atoms with E-state index >= 15 is 0 Å². The van der Waals surface area contributed by atoms with Crippen molar-refractivity contribution in [2.45, 2.75) is 32.9 Å². The first-order chi connectivity index (χ1) is 10.8. The predicted octanol–water partition coefficient (Wildman–Crippen LogP) is 4.00. The molecule has 0 aliphatic heterocycles. The lowest BCUT2D eigenvalue weighted by atomic mass is 10.0. The van der Waals surface area contributed by atoms with Crippen LogP contribution in [0.2, 0.25) is 0 Å². The molecule has 0 radical (unpaired) electrons. The highest BCUT2D eigenvalue weighted by Gasteiger charge is 2.24. The molecule has 0 heterocycles. The summed E-state index contributed by atoms with van der Waals surface area (Å²) in [7, 11) is 0. The van der Waals surface area contributed by atoms with Gasteiger partial charge in [0.05, 0.1) is 6.54 Å². The molecule has 130 valence electrons. The van der Waals surface area contributed by atoms with Gasteiger partial charge >= 0.3 is 0 Å². The highest BCUT2D eigenvalue weighted by molar-refractivity contribution is 5.98. The molecule has 4 nitrogen and oxygen atoms in total. The van der Waals surface area contributed by atoms with Crippen LogP contribution >= 0.6 is 12.4 Å². The quantitative estimate of drug-likeness (QED) is 0.801. The van der Waals surface area contributed by atoms with Crippen LogP contribution in [0, 0.1) is 0 Å². The van der Waals surface area contributed by atoms with Gasteiger partial charge in [0.2, 0.25) is 0 Å². The summed E-state index contributed by atoms with van der Waals surface area (Å²) < 4.78 is 0. The van der Waals surface area contributed by atoms with Crippen LogP contribution in [0.5, 0.6) is 11.5 Å². The maximum atomic E-state index is 12.5. The first kappa shape index (κ1) is 20.0. The Labute approximate surface area is 149 Å². The van der Waals surface area contributed by atoms with E-state index in [1.54, 1.807) is 0 Å². The number of Topliss-reactive ketones (excluding diaryl/α,β-unsaturated/α-hetero) is 1. The minimum absolute atomic E-state index is 0. The van der Waals surface area contributed by atoms with E-state index in [1.165, 1.54) is 18.2 Å². The Kier molecular flexibility index (Phi) is 6.81. The second-order valence-corrected chi connectivity index (χ2v) is 6.67. The molecule has 2 rings (SSSR count). The number of benzene rings is 2. The number of rotatable bonds is 5. The van der Waals surface area contributed by atoms with Crippen molar-refractivity contribution in [2.75, 3.05) is 6.54 Å². The molecule has 2 aromatic carbocycles. The van der Waals surface area contributed by atoms with Gasteiger partial charge in [0, 0.05) is 23.7 Å². The molecule has 0 spiro atoms. The van der Waals surface area contributed by atoms with Crippen molar-refractivity contribution in [3.63, 3.8) is 0 Å². The van der Waals surface area contributed by atoms with Crippen LogP contribution in [0.4, 0.5) is 0 Å². The van der Waals surface area contributed by atoms with E-state index in [4.69, 9.17) is 0 Å². The largest absolute Gasteiger partial charge is 0.508 e. The van der Waals surface area contributed by atoms with Crippen LogP contribution < -0.4 is 0 Å². The van der Waals surface area contributed by atoms with E-state index in [0.717, 1.165) is 5.56 Å². The molecule has 5 heteroatoms. The summed E-state index contributed by atoms with van der Waals surface area (Å²) in [6.07, 6.45) is 0. The minimum atomic E-state index is -0.190. The maximum absolute atomic E-state index is 12.5. The smallest absolute Gasteiger partial charge is 0.177 e. The van der Waals surface area contributed by atoms with Crippen molar-refractivity contribution in [3.8, 4) is 11.5 Å². The molecule has 0 aliphatic carbocycles. The number of phenols is 2. The molecule has 0 unspecified atom stereocenters. The number of nitrogens with zero attached hydrogens (tertiary/aromatic N) is 1. The lowest BCUT2D eigenvalue weighted by molar-refractivity contribution is 0.0793. The molecule has 0 aliphatic rings. The van der Waals surface area contributed by atoms with E-state index in [2.05, 4.69) is 25.7 Å². The third-order valence-corrected chi connectivity index (χ3v) is 3.72. The summed E-state index contributed by atoms with van der Waals surface area (Å²) in [5.74, 6) is -0.362. The molecule has 2 aromatic rings. The van der Waals surface area contributed by atoms with E-state index in [9.17, 15) is 15.0 Å². The van der Waals surface area contributed by atoms with Gasteiger partial charge in [0.1, 0.15) is 11.5 Å². The van der Waals surface area contributed by atoms with Crippen LogP contribution in [-0.2, 0) is 6.54 Å². The Bertz CT molecular complexity index is 661. The van der Waals surface area contributed by atoms with E-state index in [0.29, 0.717) is 12.1 Å². The lowest BCUT2D eigenvalue weighted by Gasteiger charge is -2.35. The Morgan fingerprint density at radius 1 is 1.00 bits per heavy atom. The molecule has 0 amide bonds. The summed E-state index contributed by atoms with van der Waals surface area (Å²) in [4.78, 5) is 14.6. The van der Waals surface area contributed by atoms with Crippen molar-refractivity contribution in [2.24, 2.45) is 0 Å². The second-order valence-electron chi connectivity index (χ2n) is 6.67. The Balaban J connectivity index is 0.00000288. The monoisotopic (exact) mass is 349 g/mol. The van der Waals surface area contributed by atoms with Crippen molar-refractivity contribution in [1.29, 1.82) is 0 Å². The molecule has 24 heavy (non-hydrogen) atoms. The Hall–Kier alpha value is -2.04. The summed E-state index contributed by atoms with van der Waals surface area (Å²) in [6.45, 7) is 7.04. The molecular formula is C19H24ClNO3. The zero-order valence-corrected chi connectivity index (χ0v) is 15.0. The van der Waals surface area contributed by atoms with Gasteiger partial charge < -0.3 is 10.2 Å². The van der Waals surface area contributed by atoms with Gasteiger partial charge in [-0.15, -0.1) is 12.4 Å². The fraction of sp³-hybridized carbons (Fsp3) is 0.316. The SMILES string of the molecule is CC(C)(C)N(CC(=O)c1cc(O)cc(O)c1)Cc1ccccc1.Cl. The van der Waals surface area contributed by atoms with E-state index in [-0.39, 0.29) is 41.8 Å². The standard InChI is InChI=1S/C19H23NO3.ClH/c1-19(2,3)20(12-14-7-5-4-6-8-14)13-18(23)15-9-16(21)11-17(22)10-15;/h4-11,21-22H,12-13H2,1-3H3;1H. The first-order valence-electron chi connectivity index (χ1n) is 7.61. The number of hydrogen-bond donors (Lipinski definition) is 2. The highest BCUT2D eigenvalue weighted by atomic mass is 35.5. The van der Waals surface area contributed by atoms with E-state index in [1.807, 2.05) is 30.3 Å². The Morgan fingerprint density at radius 2 is 1.54 bits per heavy atom. The molecule has 2 N–H and O–H groups in total. The summed E-state index contributed by atoms with van der Waals surface area (Å²) in [6, 6.07) is 14.0. The molecule has 0 atom stereocenters. The zero-order chi connectivity index (χ0) is 17.0. The highest BCUT2D eigenvalue weighted by Crippen LogP contribution is 2.23. The number of aromatic hydroxyl groups is 2. The summed E-state index contributed by atoms with van der Waals surface area (Å²) >= 11 is 0. The number of phenolic OH excluding ortho intramolecular Hbond substituents is 2. The number of carbonyl (C=O) groups is 1. The fourth-order valence-electron chi connectivity index (χ4n) is 2.35. The third-order valence-electron chi connectivity index (χ3n) is 3.72. The molecule has 0 fully saturated rings. The normalized spacial score (nSPS) is 11.2. The molecule has 0 bridgehead atoms. The van der Waals surface area contributed by atoms with Gasteiger partial charge in [0.25, 0.3) is 0 Å². The van der Waals surface area contributed by atoms with Gasteiger partial charge in [0.15, 0.2) is 5.78 Å². The maximum Gasteiger partial charge on any atom is 0.177 e. The molecule has 0 saturated carbocycles. The van der Waals surface area contributed by atoms with Crippen LogP contribution in [0.15, 0.2) is 48.5 Å². The van der Waals surface area contributed by atoms with Gasteiger partial charge in [-0.25, -0.2) is 0 Å². The van der Waals surface area contributed by atoms with Crippen LogP contribution in [0.1, 0.15) is 36.7 Å². The lowest BCUT2D eigenvalue weighted by Crippen LogP contribution is -2.43. The fourth-order valence-corrected chi connectivity index (χ4v) is 2.35. The zero-order valence-electron chi connectivity index (χ0n) is 14.2. The topological polar surface area (TPSA) is 60.8 Å². The second kappa shape index (κ2) is 8.18. The number of halogens is 1. The molecule has 0 saturated heterocycles. The summed E-state index contributed by atoms with van der Waals surface area (Å²) in [5, 5.41) is 19.1. The Morgan fingerprint density at radius 3 is 2.04 bits per heavy atom. The average Bonchev–Trinajstić information content (AvgIpc) is 2.45. The van der Waals surface area contributed by atoms with Crippen LogP contribution in [0.25, 0.3) is 0 Å². The molecular weight excluding hydrogens is 326 g/mol. The number of ketones is 1. The molecule has 0 aromatic heterocycles. The van der Waals surface area contributed by atoms with Crippen molar-refractivity contribution >= 4 is 18.2 Å². The average molecular weight is 350 g/mol. The predicted molar refractivity (Wildman–Crippen MR) is 98.0 cm³/mol.